The van der Waals surface area contributed by atoms with Crippen molar-refractivity contribution in [3.8, 4) is 0 Å². The second-order valence-electron chi connectivity index (χ2n) is 7.96. The van der Waals surface area contributed by atoms with Gasteiger partial charge in [-0.2, -0.15) is 0 Å². The number of aromatic nitrogens is 2. The lowest BCUT2D eigenvalue weighted by atomic mass is 9.96. The Morgan fingerprint density at radius 1 is 1.14 bits per heavy atom. The van der Waals surface area contributed by atoms with Crippen LogP contribution in [0.2, 0.25) is 0 Å². The first-order chi connectivity index (χ1) is 14.0. The van der Waals surface area contributed by atoms with Gasteiger partial charge in [0, 0.05) is 31.7 Å². The molecule has 6 nitrogen and oxygen atoms in total. The van der Waals surface area contributed by atoms with Gasteiger partial charge >= 0.3 is 0 Å². The molecule has 5 rings (SSSR count). The van der Waals surface area contributed by atoms with Gasteiger partial charge in [-0.3, -0.25) is 9.59 Å². The number of amides is 2. The molecular formula is C22H21FN4O2. The molecule has 0 unspecified atom stereocenters. The van der Waals surface area contributed by atoms with Crippen LogP contribution < -0.4 is 4.90 Å². The molecule has 0 spiro atoms. The van der Waals surface area contributed by atoms with E-state index in [0.29, 0.717) is 25.3 Å². The van der Waals surface area contributed by atoms with Gasteiger partial charge in [-0.1, -0.05) is 6.07 Å². The molecule has 2 saturated heterocycles. The Balaban J connectivity index is 1.23. The second kappa shape index (κ2) is 6.69. The topological polar surface area (TPSA) is 69.3 Å². The number of imidazole rings is 1. The van der Waals surface area contributed by atoms with Gasteiger partial charge in [0.15, 0.2) is 0 Å². The van der Waals surface area contributed by atoms with E-state index in [1.807, 2.05) is 19.1 Å². The fourth-order valence-corrected chi connectivity index (χ4v) is 4.17. The zero-order valence-electron chi connectivity index (χ0n) is 16.1. The SMILES string of the molecule is Cc1ccc2nc(C3CN(C(=O)[C@H]4CC(=O)N(c5ccc(F)cc5)C4)C3)[nH]c2c1. The number of aromatic amines is 1. The zero-order chi connectivity index (χ0) is 20.1. The number of benzene rings is 2. The zero-order valence-corrected chi connectivity index (χ0v) is 16.1. The van der Waals surface area contributed by atoms with E-state index >= 15 is 0 Å². The van der Waals surface area contributed by atoms with E-state index in [9.17, 15) is 14.0 Å². The summed E-state index contributed by atoms with van der Waals surface area (Å²) in [7, 11) is 0. The quantitative estimate of drug-likeness (QED) is 0.745. The van der Waals surface area contributed by atoms with E-state index in [2.05, 4.69) is 16.0 Å². The molecule has 1 N–H and O–H groups in total. The van der Waals surface area contributed by atoms with Gasteiger partial charge in [-0.15, -0.1) is 0 Å². The summed E-state index contributed by atoms with van der Waals surface area (Å²) < 4.78 is 13.1. The second-order valence-corrected chi connectivity index (χ2v) is 7.96. The maximum atomic E-state index is 13.1. The number of fused-ring (bicyclic) bond motifs is 1. The smallest absolute Gasteiger partial charge is 0.228 e. The van der Waals surface area contributed by atoms with Crippen LogP contribution in [0, 0.1) is 18.7 Å². The first-order valence-corrected chi connectivity index (χ1v) is 9.79. The van der Waals surface area contributed by atoms with E-state index in [4.69, 9.17) is 0 Å². The largest absolute Gasteiger partial charge is 0.342 e. The highest BCUT2D eigenvalue weighted by molar-refractivity contribution is 6.00. The van der Waals surface area contributed by atoms with E-state index in [1.54, 1.807) is 21.9 Å². The number of rotatable bonds is 3. The predicted octanol–water partition coefficient (Wildman–Crippen LogP) is 2.99. The van der Waals surface area contributed by atoms with Crippen LogP contribution in [0.3, 0.4) is 0 Å². The van der Waals surface area contributed by atoms with Gasteiger partial charge in [0.2, 0.25) is 11.8 Å². The Kier molecular flexibility index (Phi) is 4.12. The number of anilines is 1. The van der Waals surface area contributed by atoms with Crippen molar-refractivity contribution in [2.45, 2.75) is 19.3 Å². The molecule has 0 bridgehead atoms. The number of carbonyl (C=O) groups is 2. The van der Waals surface area contributed by atoms with Gasteiger partial charge in [-0.25, -0.2) is 9.37 Å². The number of nitrogens with zero attached hydrogens (tertiary/aromatic N) is 3. The normalized spacial score (nSPS) is 19.8. The van der Waals surface area contributed by atoms with Crippen LogP contribution in [0.1, 0.15) is 23.7 Å². The Bertz CT molecular complexity index is 1100. The van der Waals surface area contributed by atoms with Crippen LogP contribution in [0.5, 0.6) is 0 Å². The van der Waals surface area contributed by atoms with Gasteiger partial charge in [0.25, 0.3) is 0 Å². The van der Waals surface area contributed by atoms with Crippen molar-refractivity contribution < 1.29 is 14.0 Å². The van der Waals surface area contributed by atoms with E-state index in [-0.39, 0.29) is 35.9 Å². The predicted molar refractivity (Wildman–Crippen MR) is 107 cm³/mol. The third-order valence-corrected chi connectivity index (χ3v) is 5.85. The minimum absolute atomic E-state index is 0.00571. The van der Waals surface area contributed by atoms with Crippen LogP contribution >= 0.6 is 0 Å². The summed E-state index contributed by atoms with van der Waals surface area (Å²) in [6, 6.07) is 11.9. The molecule has 3 aromatic rings. The highest BCUT2D eigenvalue weighted by Crippen LogP contribution is 2.32. The standard InChI is InChI=1S/C22H21FN4O2/c1-13-2-7-18-19(8-13)25-21(24-18)15-10-26(11-15)22(29)14-9-20(28)27(12-14)17-5-3-16(23)4-6-17/h2-8,14-15H,9-12H2,1H3,(H,24,25)/t14-/m0/s1. The molecule has 0 aliphatic carbocycles. The molecular weight excluding hydrogens is 371 g/mol. The number of nitrogens with one attached hydrogen (secondary N) is 1. The lowest BCUT2D eigenvalue weighted by Gasteiger charge is -2.39. The lowest BCUT2D eigenvalue weighted by Crippen LogP contribution is -2.51. The van der Waals surface area contributed by atoms with E-state index < -0.39 is 0 Å². The van der Waals surface area contributed by atoms with Crippen molar-refractivity contribution in [3.05, 3.63) is 59.7 Å². The van der Waals surface area contributed by atoms with Gasteiger partial charge in [-0.05, 0) is 48.9 Å². The van der Waals surface area contributed by atoms with Crippen LogP contribution in [-0.4, -0.2) is 46.3 Å². The molecule has 0 saturated carbocycles. The van der Waals surface area contributed by atoms with E-state index in [0.717, 1.165) is 16.9 Å². The fourth-order valence-electron chi connectivity index (χ4n) is 4.17. The van der Waals surface area contributed by atoms with Crippen molar-refractivity contribution in [1.82, 2.24) is 14.9 Å². The average Bonchev–Trinajstić information content (AvgIpc) is 3.24. The highest BCUT2D eigenvalue weighted by atomic mass is 19.1. The molecule has 7 heteroatoms. The fraction of sp³-hybridized carbons (Fsp3) is 0.318. The summed E-state index contributed by atoms with van der Waals surface area (Å²) in [5.74, 6) is 0.306. The highest BCUT2D eigenvalue weighted by Gasteiger charge is 2.41. The van der Waals surface area contributed by atoms with Crippen molar-refractivity contribution in [3.63, 3.8) is 0 Å². The summed E-state index contributed by atoms with van der Waals surface area (Å²) in [5.41, 5.74) is 3.76. The number of likely N-dealkylation sites (tertiary alicyclic amines) is 1. The number of aryl methyl sites for hydroxylation is 1. The van der Waals surface area contributed by atoms with Gasteiger partial charge in [0.05, 0.1) is 22.9 Å². The molecule has 2 fully saturated rings. The summed E-state index contributed by atoms with van der Waals surface area (Å²) >= 11 is 0. The number of hydrogen-bond donors (Lipinski definition) is 1. The summed E-state index contributed by atoms with van der Waals surface area (Å²) in [4.78, 5) is 36.6. The third-order valence-electron chi connectivity index (χ3n) is 5.85. The van der Waals surface area contributed by atoms with Crippen molar-refractivity contribution in [2.24, 2.45) is 5.92 Å². The summed E-state index contributed by atoms with van der Waals surface area (Å²) in [5, 5.41) is 0. The Hall–Kier alpha value is -3.22. The molecule has 29 heavy (non-hydrogen) atoms. The minimum atomic E-state index is -0.355. The molecule has 2 aliphatic heterocycles. The molecule has 2 amide bonds. The lowest BCUT2D eigenvalue weighted by molar-refractivity contribution is -0.140. The van der Waals surface area contributed by atoms with Crippen LogP contribution in [0.25, 0.3) is 11.0 Å². The Labute approximate surface area is 167 Å². The molecule has 2 aromatic carbocycles. The monoisotopic (exact) mass is 392 g/mol. The van der Waals surface area contributed by atoms with Gasteiger partial charge in [0.1, 0.15) is 11.6 Å². The van der Waals surface area contributed by atoms with E-state index in [1.165, 1.54) is 17.7 Å². The third kappa shape index (κ3) is 3.16. The number of hydrogen-bond acceptors (Lipinski definition) is 3. The minimum Gasteiger partial charge on any atom is -0.342 e. The van der Waals surface area contributed by atoms with Crippen molar-refractivity contribution >= 4 is 28.5 Å². The molecule has 0 radical (unpaired) electrons. The average molecular weight is 392 g/mol. The molecule has 148 valence electrons. The van der Waals surface area contributed by atoms with Gasteiger partial charge < -0.3 is 14.8 Å². The maximum absolute atomic E-state index is 13.1. The molecule has 2 aliphatic rings. The van der Waals surface area contributed by atoms with Crippen LogP contribution in [-0.2, 0) is 9.59 Å². The Morgan fingerprint density at radius 3 is 2.66 bits per heavy atom. The van der Waals surface area contributed by atoms with Crippen molar-refractivity contribution in [2.75, 3.05) is 24.5 Å². The number of H-pyrrole nitrogens is 1. The molecule has 3 heterocycles. The maximum Gasteiger partial charge on any atom is 0.228 e. The molecule has 1 aromatic heterocycles. The first kappa shape index (κ1) is 17.8. The van der Waals surface area contributed by atoms with Crippen molar-refractivity contribution in [1.29, 1.82) is 0 Å². The Morgan fingerprint density at radius 2 is 1.90 bits per heavy atom. The number of halogens is 1. The summed E-state index contributed by atoms with van der Waals surface area (Å²) in [6.07, 6.45) is 0.196. The first-order valence-electron chi connectivity index (χ1n) is 9.79. The van der Waals surface area contributed by atoms with Crippen LogP contribution in [0.4, 0.5) is 10.1 Å². The van der Waals surface area contributed by atoms with Crippen LogP contribution in [0.15, 0.2) is 42.5 Å². The molecule has 1 atom stereocenters. The summed E-state index contributed by atoms with van der Waals surface area (Å²) in [6.45, 7) is 3.61. The number of carbonyl (C=O) groups excluding carboxylic acids is 2.